The van der Waals surface area contributed by atoms with E-state index in [9.17, 15) is 19.7 Å². The number of carbonyl (C=O) groups is 2. The van der Waals surface area contributed by atoms with Crippen molar-refractivity contribution in [3.63, 3.8) is 0 Å². The minimum atomic E-state index is -0.512. The van der Waals surface area contributed by atoms with Gasteiger partial charge in [0, 0.05) is 41.8 Å². The van der Waals surface area contributed by atoms with Gasteiger partial charge in [0.15, 0.2) is 0 Å². The van der Waals surface area contributed by atoms with Gasteiger partial charge in [-0.15, -0.1) is 0 Å². The van der Waals surface area contributed by atoms with Crippen LogP contribution in [-0.4, -0.2) is 26.5 Å². The van der Waals surface area contributed by atoms with Crippen LogP contribution in [0.15, 0.2) is 60.9 Å². The highest BCUT2D eigenvalue weighted by molar-refractivity contribution is 5.96. The van der Waals surface area contributed by atoms with Crippen molar-refractivity contribution in [2.45, 2.75) is 20.0 Å². The van der Waals surface area contributed by atoms with Gasteiger partial charge in [-0.05, 0) is 36.8 Å². The maximum absolute atomic E-state index is 12.4. The van der Waals surface area contributed by atoms with E-state index in [1.807, 2.05) is 6.07 Å². The predicted octanol–water partition coefficient (Wildman–Crippen LogP) is 2.67. The predicted molar refractivity (Wildman–Crippen MR) is 106 cm³/mol. The summed E-state index contributed by atoms with van der Waals surface area (Å²) in [5.74, 6) is -0.624. The summed E-state index contributed by atoms with van der Waals surface area (Å²) in [6, 6.07) is 13.2. The van der Waals surface area contributed by atoms with Crippen LogP contribution >= 0.6 is 0 Å². The zero-order chi connectivity index (χ0) is 20.8. The molecule has 0 spiro atoms. The third-order valence-electron chi connectivity index (χ3n) is 4.28. The van der Waals surface area contributed by atoms with Crippen LogP contribution in [0.3, 0.4) is 0 Å². The second-order valence-corrected chi connectivity index (χ2v) is 6.34. The van der Waals surface area contributed by atoms with Gasteiger partial charge < -0.3 is 10.6 Å². The quantitative estimate of drug-likeness (QED) is 0.472. The Labute approximate surface area is 166 Å². The number of hydrogen-bond donors (Lipinski definition) is 2. The average molecular weight is 393 g/mol. The van der Waals surface area contributed by atoms with Gasteiger partial charge in [-0.25, -0.2) is 0 Å². The first-order valence-electron chi connectivity index (χ1n) is 8.82. The van der Waals surface area contributed by atoms with Crippen molar-refractivity contribution in [1.82, 2.24) is 15.1 Å². The molecule has 9 nitrogen and oxygen atoms in total. The van der Waals surface area contributed by atoms with Gasteiger partial charge in [0.1, 0.15) is 6.54 Å². The Morgan fingerprint density at radius 2 is 1.97 bits per heavy atom. The van der Waals surface area contributed by atoms with E-state index >= 15 is 0 Å². The molecule has 1 aromatic heterocycles. The molecule has 148 valence electrons. The molecule has 0 radical (unpaired) electrons. The van der Waals surface area contributed by atoms with Gasteiger partial charge >= 0.3 is 0 Å². The van der Waals surface area contributed by atoms with Crippen LogP contribution in [0.25, 0.3) is 0 Å². The lowest BCUT2D eigenvalue weighted by molar-refractivity contribution is -0.385. The zero-order valence-electron chi connectivity index (χ0n) is 15.7. The standard InChI is InChI=1S/C20H19N5O4/c1-14-17(7-3-8-18(14)25(28)29)20(27)21-12-15-5-2-6-16(11-15)23-19(26)13-24-10-4-9-22-24/h2-11H,12-13H2,1H3,(H,21,27)(H,23,26). The first kappa shape index (κ1) is 19.7. The maximum atomic E-state index is 12.4. The van der Waals surface area contributed by atoms with Gasteiger partial charge in [0.25, 0.3) is 11.6 Å². The number of aromatic nitrogens is 2. The van der Waals surface area contributed by atoms with Crippen molar-refractivity contribution in [1.29, 1.82) is 0 Å². The summed E-state index contributed by atoms with van der Waals surface area (Å²) >= 11 is 0. The summed E-state index contributed by atoms with van der Waals surface area (Å²) in [4.78, 5) is 35.0. The Morgan fingerprint density at radius 1 is 1.17 bits per heavy atom. The largest absolute Gasteiger partial charge is 0.348 e. The molecular weight excluding hydrogens is 374 g/mol. The van der Waals surface area contributed by atoms with E-state index in [-0.39, 0.29) is 30.2 Å². The minimum Gasteiger partial charge on any atom is -0.348 e. The number of benzene rings is 2. The van der Waals surface area contributed by atoms with Crippen molar-refractivity contribution >= 4 is 23.2 Å². The van der Waals surface area contributed by atoms with Gasteiger partial charge in [-0.2, -0.15) is 5.10 Å². The molecule has 0 saturated carbocycles. The molecule has 1 heterocycles. The molecule has 2 N–H and O–H groups in total. The molecule has 0 unspecified atom stereocenters. The molecule has 3 aromatic rings. The van der Waals surface area contributed by atoms with Gasteiger partial charge in [-0.1, -0.05) is 18.2 Å². The number of nitrogens with one attached hydrogen (secondary N) is 2. The summed E-state index contributed by atoms with van der Waals surface area (Å²) in [6.45, 7) is 1.85. The highest BCUT2D eigenvalue weighted by atomic mass is 16.6. The SMILES string of the molecule is Cc1c(C(=O)NCc2cccc(NC(=O)Cn3cccn3)c2)cccc1[N+](=O)[O-]. The second kappa shape index (κ2) is 8.79. The second-order valence-electron chi connectivity index (χ2n) is 6.34. The molecule has 0 fully saturated rings. The van der Waals surface area contributed by atoms with E-state index in [1.54, 1.807) is 49.6 Å². The fourth-order valence-electron chi connectivity index (χ4n) is 2.85. The summed E-state index contributed by atoms with van der Waals surface area (Å²) < 4.78 is 1.51. The van der Waals surface area contributed by atoms with E-state index in [0.717, 1.165) is 5.56 Å². The van der Waals surface area contributed by atoms with Gasteiger partial charge in [0.2, 0.25) is 5.91 Å². The Morgan fingerprint density at radius 3 is 2.69 bits per heavy atom. The van der Waals surface area contributed by atoms with Crippen LogP contribution in [-0.2, 0) is 17.9 Å². The van der Waals surface area contributed by atoms with Crippen LogP contribution in [0.4, 0.5) is 11.4 Å². The molecule has 3 rings (SSSR count). The monoisotopic (exact) mass is 393 g/mol. The molecule has 2 amide bonds. The van der Waals surface area contributed by atoms with Crippen LogP contribution < -0.4 is 10.6 Å². The first-order valence-corrected chi connectivity index (χ1v) is 8.82. The number of nitro benzene ring substituents is 1. The zero-order valence-corrected chi connectivity index (χ0v) is 15.7. The lowest BCUT2D eigenvalue weighted by Gasteiger charge is -2.10. The highest BCUT2D eigenvalue weighted by Gasteiger charge is 2.17. The molecule has 0 aliphatic heterocycles. The normalized spacial score (nSPS) is 10.4. The van der Waals surface area contributed by atoms with E-state index < -0.39 is 10.8 Å². The van der Waals surface area contributed by atoms with E-state index in [4.69, 9.17) is 0 Å². The van der Waals surface area contributed by atoms with E-state index in [1.165, 1.54) is 16.8 Å². The third-order valence-corrected chi connectivity index (χ3v) is 4.28. The molecule has 0 aliphatic rings. The highest BCUT2D eigenvalue weighted by Crippen LogP contribution is 2.21. The summed E-state index contributed by atoms with van der Waals surface area (Å²) in [5.41, 5.74) is 1.84. The van der Waals surface area contributed by atoms with Crippen molar-refractivity contribution < 1.29 is 14.5 Å². The Balaban J connectivity index is 1.62. The van der Waals surface area contributed by atoms with Gasteiger partial charge in [-0.3, -0.25) is 24.4 Å². The third kappa shape index (κ3) is 5.04. The smallest absolute Gasteiger partial charge is 0.273 e. The molecule has 0 aliphatic carbocycles. The fraction of sp³-hybridized carbons (Fsp3) is 0.150. The number of hydrogen-bond acceptors (Lipinski definition) is 5. The molecule has 9 heteroatoms. The fourth-order valence-corrected chi connectivity index (χ4v) is 2.85. The van der Waals surface area contributed by atoms with Crippen molar-refractivity contribution in [3.05, 3.63) is 87.7 Å². The molecule has 0 bridgehead atoms. The molecular formula is C20H19N5O4. The Kier molecular flexibility index (Phi) is 5.98. The summed E-state index contributed by atoms with van der Waals surface area (Å²) in [5, 5.41) is 20.6. The van der Waals surface area contributed by atoms with Crippen molar-refractivity contribution in [2.75, 3.05) is 5.32 Å². The Hall–Kier alpha value is -4.01. The number of nitrogens with zero attached hydrogens (tertiary/aromatic N) is 3. The number of amides is 2. The number of anilines is 1. The Bertz CT molecular complexity index is 1050. The van der Waals surface area contributed by atoms with E-state index in [2.05, 4.69) is 15.7 Å². The lowest BCUT2D eigenvalue weighted by atomic mass is 10.1. The molecule has 29 heavy (non-hydrogen) atoms. The molecule has 0 saturated heterocycles. The number of nitro groups is 1. The average Bonchev–Trinajstić information content (AvgIpc) is 3.19. The van der Waals surface area contributed by atoms with E-state index in [0.29, 0.717) is 11.3 Å². The summed E-state index contributed by atoms with van der Waals surface area (Å²) in [6.07, 6.45) is 3.29. The molecule has 0 atom stereocenters. The van der Waals surface area contributed by atoms with Crippen molar-refractivity contribution in [2.24, 2.45) is 0 Å². The van der Waals surface area contributed by atoms with Crippen LogP contribution in [0, 0.1) is 17.0 Å². The summed E-state index contributed by atoms with van der Waals surface area (Å²) in [7, 11) is 0. The number of rotatable bonds is 7. The first-order chi connectivity index (χ1) is 13.9. The minimum absolute atomic E-state index is 0.0972. The van der Waals surface area contributed by atoms with Crippen LogP contribution in [0.1, 0.15) is 21.5 Å². The lowest BCUT2D eigenvalue weighted by Crippen LogP contribution is -2.24. The molecule has 2 aromatic carbocycles. The van der Waals surface area contributed by atoms with Crippen LogP contribution in [0.5, 0.6) is 0 Å². The topological polar surface area (TPSA) is 119 Å². The van der Waals surface area contributed by atoms with Crippen LogP contribution in [0.2, 0.25) is 0 Å². The number of carbonyl (C=O) groups excluding carboxylic acids is 2. The van der Waals surface area contributed by atoms with Crippen molar-refractivity contribution in [3.8, 4) is 0 Å². The maximum Gasteiger partial charge on any atom is 0.273 e. The van der Waals surface area contributed by atoms with Gasteiger partial charge in [0.05, 0.1) is 4.92 Å².